The fraction of sp³-hybridized carbons (Fsp3) is 0.417. The molecule has 0 spiro atoms. The van der Waals surface area contributed by atoms with Crippen molar-refractivity contribution in [3.05, 3.63) is 35.9 Å². The average Bonchev–Trinajstić information content (AvgIpc) is 2.30. The van der Waals surface area contributed by atoms with Crippen LogP contribution in [0.2, 0.25) is 0 Å². The van der Waals surface area contributed by atoms with Crippen molar-refractivity contribution in [2.24, 2.45) is 0 Å². The van der Waals surface area contributed by atoms with Crippen molar-refractivity contribution in [3.63, 3.8) is 0 Å². The van der Waals surface area contributed by atoms with E-state index in [9.17, 15) is 4.79 Å². The lowest BCUT2D eigenvalue weighted by atomic mass is 9.95. The first-order valence-corrected chi connectivity index (χ1v) is 5.53. The van der Waals surface area contributed by atoms with Crippen LogP contribution in [-0.4, -0.2) is 23.8 Å². The third-order valence-electron chi connectivity index (χ3n) is 2.94. The summed E-state index contributed by atoms with van der Waals surface area (Å²) in [6.07, 6.45) is 0.915. The van der Waals surface area contributed by atoms with Gasteiger partial charge in [0, 0.05) is 18.6 Å². The molecule has 1 aromatic carbocycles. The van der Waals surface area contributed by atoms with Gasteiger partial charge < -0.3 is 15.7 Å². The molecule has 1 heterocycles. The van der Waals surface area contributed by atoms with E-state index in [0.717, 1.165) is 12.8 Å². The summed E-state index contributed by atoms with van der Waals surface area (Å²) in [6, 6.07) is 10.6. The minimum Gasteiger partial charge on any atom is -0.465 e. The van der Waals surface area contributed by atoms with Crippen LogP contribution in [0, 0.1) is 0 Å². The van der Waals surface area contributed by atoms with E-state index in [2.05, 4.69) is 22.8 Å². The van der Waals surface area contributed by atoms with Crippen molar-refractivity contribution >= 4 is 6.09 Å². The van der Waals surface area contributed by atoms with Crippen LogP contribution in [0.25, 0.3) is 0 Å². The summed E-state index contributed by atoms with van der Waals surface area (Å²) in [6.45, 7) is 0.700. The van der Waals surface area contributed by atoms with Gasteiger partial charge in [0.15, 0.2) is 0 Å². The molecule has 2 atom stereocenters. The van der Waals surface area contributed by atoms with Crippen LogP contribution in [0.5, 0.6) is 0 Å². The van der Waals surface area contributed by atoms with Gasteiger partial charge in [-0.3, -0.25) is 0 Å². The second-order valence-electron chi connectivity index (χ2n) is 4.10. The molecule has 0 aliphatic carbocycles. The minimum atomic E-state index is -0.940. The third-order valence-corrected chi connectivity index (χ3v) is 2.94. The highest BCUT2D eigenvalue weighted by Gasteiger charge is 2.22. The van der Waals surface area contributed by atoms with Crippen molar-refractivity contribution < 1.29 is 9.90 Å². The monoisotopic (exact) mass is 220 g/mol. The van der Waals surface area contributed by atoms with Crippen LogP contribution in [0.4, 0.5) is 4.79 Å². The lowest BCUT2D eigenvalue weighted by molar-refractivity contribution is 0.185. The van der Waals surface area contributed by atoms with Gasteiger partial charge in [0.25, 0.3) is 0 Å². The smallest absolute Gasteiger partial charge is 0.404 e. The van der Waals surface area contributed by atoms with Crippen molar-refractivity contribution in [2.75, 3.05) is 6.54 Å². The molecular weight excluding hydrogens is 204 g/mol. The summed E-state index contributed by atoms with van der Waals surface area (Å²) >= 11 is 0. The standard InChI is InChI=1S/C12H16N2O2/c15-12(16)14-10-6-7-11(13-8-10)9-4-2-1-3-5-9/h1-5,10-11,13-14H,6-8H2,(H,15,16)/t10-,11+/m0/s1. The zero-order chi connectivity index (χ0) is 11.4. The summed E-state index contributed by atoms with van der Waals surface area (Å²) in [5, 5.41) is 14.5. The molecule has 1 aromatic rings. The van der Waals surface area contributed by atoms with E-state index in [1.54, 1.807) is 0 Å². The van der Waals surface area contributed by atoms with Gasteiger partial charge in [0.05, 0.1) is 0 Å². The van der Waals surface area contributed by atoms with Gasteiger partial charge in [-0.15, -0.1) is 0 Å². The minimum absolute atomic E-state index is 0.0393. The molecule has 3 N–H and O–H groups in total. The molecule has 86 valence electrons. The Balaban J connectivity index is 1.88. The molecule has 0 saturated carbocycles. The first-order valence-electron chi connectivity index (χ1n) is 5.53. The third kappa shape index (κ3) is 2.73. The van der Waals surface area contributed by atoms with E-state index >= 15 is 0 Å². The second kappa shape index (κ2) is 4.99. The maximum Gasteiger partial charge on any atom is 0.404 e. The Morgan fingerprint density at radius 1 is 1.31 bits per heavy atom. The highest BCUT2D eigenvalue weighted by atomic mass is 16.4. The van der Waals surface area contributed by atoms with E-state index in [1.807, 2.05) is 18.2 Å². The summed E-state index contributed by atoms with van der Waals surface area (Å²) < 4.78 is 0. The van der Waals surface area contributed by atoms with E-state index in [0.29, 0.717) is 12.6 Å². The summed E-state index contributed by atoms with van der Waals surface area (Å²) in [4.78, 5) is 10.5. The van der Waals surface area contributed by atoms with Crippen molar-refractivity contribution in [2.45, 2.75) is 24.9 Å². The van der Waals surface area contributed by atoms with E-state index in [-0.39, 0.29) is 6.04 Å². The van der Waals surface area contributed by atoms with Crippen molar-refractivity contribution in [1.29, 1.82) is 0 Å². The molecule has 1 saturated heterocycles. The number of piperidine rings is 1. The quantitative estimate of drug-likeness (QED) is 0.711. The molecule has 0 bridgehead atoms. The van der Waals surface area contributed by atoms with Gasteiger partial charge in [-0.1, -0.05) is 30.3 Å². The van der Waals surface area contributed by atoms with E-state index in [1.165, 1.54) is 5.56 Å². The Hall–Kier alpha value is -1.55. The van der Waals surface area contributed by atoms with Crippen LogP contribution in [-0.2, 0) is 0 Å². The predicted octanol–water partition coefficient (Wildman–Crippen LogP) is 1.75. The number of hydrogen-bond donors (Lipinski definition) is 3. The number of nitrogens with one attached hydrogen (secondary N) is 2. The Morgan fingerprint density at radius 2 is 2.06 bits per heavy atom. The number of benzene rings is 1. The Bertz CT molecular complexity index is 345. The van der Waals surface area contributed by atoms with E-state index in [4.69, 9.17) is 5.11 Å². The molecule has 1 amide bonds. The Labute approximate surface area is 94.7 Å². The first kappa shape index (κ1) is 11.0. The van der Waals surface area contributed by atoms with Gasteiger partial charge in [0.2, 0.25) is 0 Å². The molecule has 0 radical (unpaired) electrons. The molecular formula is C12H16N2O2. The predicted molar refractivity (Wildman–Crippen MR) is 61.4 cm³/mol. The van der Waals surface area contributed by atoms with E-state index < -0.39 is 6.09 Å². The van der Waals surface area contributed by atoms with Crippen LogP contribution in [0.1, 0.15) is 24.4 Å². The van der Waals surface area contributed by atoms with Crippen LogP contribution < -0.4 is 10.6 Å². The summed E-state index contributed by atoms with van der Waals surface area (Å²) in [5.41, 5.74) is 1.27. The van der Waals surface area contributed by atoms with Gasteiger partial charge in [-0.25, -0.2) is 4.79 Å². The highest BCUT2D eigenvalue weighted by molar-refractivity contribution is 5.64. The van der Waals surface area contributed by atoms with Gasteiger partial charge >= 0.3 is 6.09 Å². The first-order chi connectivity index (χ1) is 7.75. The molecule has 4 nitrogen and oxygen atoms in total. The maximum atomic E-state index is 10.5. The molecule has 16 heavy (non-hydrogen) atoms. The average molecular weight is 220 g/mol. The largest absolute Gasteiger partial charge is 0.465 e. The molecule has 1 aliphatic heterocycles. The number of rotatable bonds is 2. The number of amides is 1. The highest BCUT2D eigenvalue weighted by Crippen LogP contribution is 2.22. The van der Waals surface area contributed by atoms with Gasteiger partial charge in [0.1, 0.15) is 0 Å². The number of carbonyl (C=O) groups is 1. The van der Waals surface area contributed by atoms with Gasteiger partial charge in [-0.2, -0.15) is 0 Å². The lowest BCUT2D eigenvalue weighted by Crippen LogP contribution is -2.46. The zero-order valence-corrected chi connectivity index (χ0v) is 9.02. The molecule has 0 aromatic heterocycles. The molecule has 1 aliphatic rings. The second-order valence-corrected chi connectivity index (χ2v) is 4.10. The number of carboxylic acid groups (broad SMARTS) is 1. The molecule has 0 unspecified atom stereocenters. The van der Waals surface area contributed by atoms with Crippen molar-refractivity contribution in [3.8, 4) is 0 Å². The lowest BCUT2D eigenvalue weighted by Gasteiger charge is -2.30. The summed E-state index contributed by atoms with van der Waals surface area (Å²) in [7, 11) is 0. The number of hydrogen-bond acceptors (Lipinski definition) is 2. The normalized spacial score (nSPS) is 25.0. The van der Waals surface area contributed by atoms with Crippen LogP contribution in [0.3, 0.4) is 0 Å². The maximum absolute atomic E-state index is 10.5. The summed E-state index contributed by atoms with van der Waals surface area (Å²) in [5.74, 6) is 0. The Morgan fingerprint density at radius 3 is 2.62 bits per heavy atom. The molecule has 4 heteroatoms. The van der Waals surface area contributed by atoms with Crippen LogP contribution in [0.15, 0.2) is 30.3 Å². The zero-order valence-electron chi connectivity index (χ0n) is 9.02. The fourth-order valence-corrected chi connectivity index (χ4v) is 2.12. The van der Waals surface area contributed by atoms with Gasteiger partial charge in [-0.05, 0) is 18.4 Å². The topological polar surface area (TPSA) is 61.4 Å². The fourth-order valence-electron chi connectivity index (χ4n) is 2.12. The Kier molecular flexibility index (Phi) is 3.41. The van der Waals surface area contributed by atoms with Crippen LogP contribution >= 0.6 is 0 Å². The molecule has 2 rings (SSSR count). The molecule has 1 fully saturated rings. The SMILES string of the molecule is O=C(O)N[C@H]1CC[C@H](c2ccccc2)NC1. The van der Waals surface area contributed by atoms with Crippen molar-refractivity contribution in [1.82, 2.24) is 10.6 Å².